The molecule has 3 heterocycles. The second-order valence-electron chi connectivity index (χ2n) is 9.09. The molecule has 2 aliphatic rings. The highest BCUT2D eigenvalue weighted by atomic mass is 32.1. The molecule has 0 unspecified atom stereocenters. The summed E-state index contributed by atoms with van der Waals surface area (Å²) in [5.74, 6) is 0.524. The van der Waals surface area contributed by atoms with E-state index in [2.05, 4.69) is 48.3 Å². The Morgan fingerprint density at radius 2 is 1.87 bits per heavy atom. The average molecular weight is 438 g/mol. The molecule has 0 atom stereocenters. The van der Waals surface area contributed by atoms with Crippen molar-refractivity contribution in [2.75, 3.05) is 18.0 Å². The number of carbonyl (C=O) groups excluding carboxylic acids is 1. The van der Waals surface area contributed by atoms with Crippen molar-refractivity contribution in [2.45, 2.75) is 64.8 Å². The number of carbonyl (C=O) groups is 1. The average Bonchev–Trinajstić information content (AvgIpc) is 3.35. The second kappa shape index (κ2) is 8.61. The summed E-state index contributed by atoms with van der Waals surface area (Å²) in [4.78, 5) is 19.9. The zero-order chi connectivity index (χ0) is 21.4. The summed E-state index contributed by atoms with van der Waals surface area (Å²) in [6, 6.07) is 8.68. The Morgan fingerprint density at radius 1 is 1.10 bits per heavy atom. The molecule has 2 aromatic heterocycles. The van der Waals surface area contributed by atoms with Gasteiger partial charge in [0.25, 0.3) is 0 Å². The van der Waals surface area contributed by atoms with E-state index >= 15 is 0 Å². The molecular formula is C24H31N5OS. The lowest BCUT2D eigenvalue weighted by Gasteiger charge is -2.33. The largest absolute Gasteiger partial charge is 0.353 e. The van der Waals surface area contributed by atoms with E-state index in [-0.39, 0.29) is 11.8 Å². The normalized spacial score (nSPS) is 18.6. The summed E-state index contributed by atoms with van der Waals surface area (Å²) in [5.41, 5.74) is 4.23. The van der Waals surface area contributed by atoms with Gasteiger partial charge in [-0.05, 0) is 57.2 Å². The fraction of sp³-hybridized carbons (Fsp3) is 0.542. The number of rotatable bonds is 4. The van der Waals surface area contributed by atoms with Crippen LogP contribution in [0.2, 0.25) is 0 Å². The monoisotopic (exact) mass is 437 g/mol. The fourth-order valence-electron chi connectivity index (χ4n) is 4.90. The molecule has 0 spiro atoms. The van der Waals surface area contributed by atoms with Gasteiger partial charge in [-0.15, -0.1) is 0 Å². The molecule has 2 fully saturated rings. The minimum atomic E-state index is 0.239. The van der Waals surface area contributed by atoms with Gasteiger partial charge in [-0.2, -0.15) is 10.1 Å². The van der Waals surface area contributed by atoms with Crippen LogP contribution in [0.25, 0.3) is 16.0 Å². The summed E-state index contributed by atoms with van der Waals surface area (Å²) in [7, 11) is 0. The third-order valence-electron chi connectivity index (χ3n) is 6.71. The highest BCUT2D eigenvalue weighted by Gasteiger charge is 2.27. The number of amides is 1. The number of hydrogen-bond donors (Lipinski definition) is 1. The summed E-state index contributed by atoms with van der Waals surface area (Å²) < 4.78 is 3.12. The number of thiazole rings is 1. The van der Waals surface area contributed by atoms with Gasteiger partial charge in [-0.25, -0.2) is 4.68 Å². The molecule has 0 radical (unpaired) electrons. The smallest absolute Gasteiger partial charge is 0.223 e. The van der Waals surface area contributed by atoms with Crippen molar-refractivity contribution < 1.29 is 4.79 Å². The summed E-state index contributed by atoms with van der Waals surface area (Å²) in [5, 5.41) is 9.13. The highest BCUT2D eigenvalue weighted by Crippen LogP contribution is 2.34. The quantitative estimate of drug-likeness (QED) is 0.639. The molecule has 1 aliphatic carbocycles. The van der Waals surface area contributed by atoms with Crippen molar-refractivity contribution in [3.8, 4) is 5.69 Å². The van der Waals surface area contributed by atoms with Gasteiger partial charge in [-0.3, -0.25) is 4.79 Å². The van der Waals surface area contributed by atoms with Gasteiger partial charge in [0.05, 0.1) is 16.1 Å². The number of hydrogen-bond acceptors (Lipinski definition) is 5. The number of aromatic nitrogens is 3. The van der Waals surface area contributed by atoms with Crippen LogP contribution in [0.15, 0.2) is 24.3 Å². The van der Waals surface area contributed by atoms with E-state index < -0.39 is 0 Å². The SMILES string of the molecule is Cc1cccc(-n2nc(C)c3sc(N4CCC(NC(=O)C5CCCCC5)CC4)nc32)c1. The third-order valence-corrected chi connectivity index (χ3v) is 7.93. The van der Waals surface area contributed by atoms with Gasteiger partial charge in [0.2, 0.25) is 5.91 Å². The topological polar surface area (TPSA) is 63.1 Å². The zero-order valence-electron chi connectivity index (χ0n) is 18.4. The first-order valence-corrected chi connectivity index (χ1v) is 12.4. The van der Waals surface area contributed by atoms with Crippen molar-refractivity contribution in [3.05, 3.63) is 35.5 Å². The lowest BCUT2D eigenvalue weighted by Crippen LogP contribution is -2.46. The molecule has 1 aromatic carbocycles. The Kier molecular flexibility index (Phi) is 5.69. The highest BCUT2D eigenvalue weighted by molar-refractivity contribution is 7.22. The molecule has 1 amide bonds. The number of piperidine rings is 1. The van der Waals surface area contributed by atoms with Gasteiger partial charge in [-0.1, -0.05) is 42.7 Å². The van der Waals surface area contributed by atoms with Crippen LogP contribution < -0.4 is 10.2 Å². The number of fused-ring (bicyclic) bond motifs is 1. The molecule has 1 saturated heterocycles. The maximum absolute atomic E-state index is 12.6. The number of benzene rings is 1. The van der Waals surface area contributed by atoms with E-state index in [9.17, 15) is 4.79 Å². The maximum Gasteiger partial charge on any atom is 0.223 e. The standard InChI is InChI=1S/C24H31N5OS/c1-16-7-6-10-20(15-16)29-22-21(17(2)27-29)31-24(26-22)28-13-11-19(12-14-28)25-23(30)18-8-4-3-5-9-18/h6-7,10,15,18-19H,3-5,8-9,11-14H2,1-2H3,(H,25,30). The molecule has 1 saturated carbocycles. The molecule has 31 heavy (non-hydrogen) atoms. The number of aryl methyl sites for hydroxylation is 2. The zero-order valence-corrected chi connectivity index (χ0v) is 19.2. The van der Waals surface area contributed by atoms with Crippen LogP contribution in [0.4, 0.5) is 5.13 Å². The van der Waals surface area contributed by atoms with Crippen LogP contribution in [0.1, 0.15) is 56.2 Å². The summed E-state index contributed by atoms with van der Waals surface area (Å²) in [6.45, 7) is 6.02. The first-order valence-electron chi connectivity index (χ1n) is 11.6. The van der Waals surface area contributed by atoms with Crippen molar-refractivity contribution in [1.29, 1.82) is 0 Å². The van der Waals surface area contributed by atoms with Gasteiger partial charge < -0.3 is 10.2 Å². The Bertz CT molecular complexity index is 1070. The number of nitrogens with zero attached hydrogens (tertiary/aromatic N) is 4. The van der Waals surface area contributed by atoms with Gasteiger partial charge in [0.1, 0.15) is 0 Å². The van der Waals surface area contributed by atoms with Crippen LogP contribution in [-0.2, 0) is 4.79 Å². The predicted octanol–water partition coefficient (Wildman–Crippen LogP) is 4.76. The maximum atomic E-state index is 12.6. The van der Waals surface area contributed by atoms with Gasteiger partial charge >= 0.3 is 0 Å². The van der Waals surface area contributed by atoms with Crippen LogP contribution in [-0.4, -0.2) is 39.8 Å². The van der Waals surface area contributed by atoms with Gasteiger partial charge in [0, 0.05) is 25.0 Å². The molecule has 3 aromatic rings. The molecular weight excluding hydrogens is 406 g/mol. The van der Waals surface area contributed by atoms with E-state index in [1.54, 1.807) is 11.3 Å². The van der Waals surface area contributed by atoms with Crippen LogP contribution in [0.3, 0.4) is 0 Å². The third kappa shape index (κ3) is 4.20. The number of anilines is 1. The van der Waals surface area contributed by atoms with E-state index in [1.165, 1.54) is 24.8 Å². The van der Waals surface area contributed by atoms with Crippen molar-refractivity contribution in [1.82, 2.24) is 20.1 Å². The molecule has 164 valence electrons. The lowest BCUT2D eigenvalue weighted by molar-refractivity contribution is -0.126. The van der Waals surface area contributed by atoms with Crippen LogP contribution in [0, 0.1) is 19.8 Å². The lowest BCUT2D eigenvalue weighted by atomic mass is 9.88. The van der Waals surface area contributed by atoms with Crippen molar-refractivity contribution in [2.24, 2.45) is 5.92 Å². The van der Waals surface area contributed by atoms with Crippen LogP contribution >= 0.6 is 11.3 Å². The van der Waals surface area contributed by atoms with Gasteiger partial charge in [0.15, 0.2) is 10.8 Å². The Balaban J connectivity index is 1.27. The fourth-order valence-corrected chi connectivity index (χ4v) is 5.94. The van der Waals surface area contributed by atoms with Crippen molar-refractivity contribution >= 4 is 32.7 Å². The van der Waals surface area contributed by atoms with Crippen LogP contribution in [0.5, 0.6) is 0 Å². The Hall–Kier alpha value is -2.41. The van der Waals surface area contributed by atoms with E-state index in [0.717, 1.165) is 65.6 Å². The molecule has 6 nitrogen and oxygen atoms in total. The molecule has 1 N–H and O–H groups in total. The summed E-state index contributed by atoms with van der Waals surface area (Å²) >= 11 is 1.73. The predicted molar refractivity (Wildman–Crippen MR) is 126 cm³/mol. The minimum Gasteiger partial charge on any atom is -0.353 e. The number of nitrogens with one attached hydrogen (secondary N) is 1. The van der Waals surface area contributed by atoms with E-state index in [1.807, 2.05) is 4.68 Å². The minimum absolute atomic E-state index is 0.239. The second-order valence-corrected chi connectivity index (χ2v) is 10.1. The van der Waals surface area contributed by atoms with E-state index in [0.29, 0.717) is 6.04 Å². The molecule has 1 aliphatic heterocycles. The van der Waals surface area contributed by atoms with Crippen molar-refractivity contribution in [3.63, 3.8) is 0 Å². The first-order chi connectivity index (χ1) is 15.1. The first kappa shape index (κ1) is 20.5. The summed E-state index contributed by atoms with van der Waals surface area (Å²) in [6.07, 6.45) is 7.78. The Morgan fingerprint density at radius 3 is 2.61 bits per heavy atom. The Labute approximate surface area is 187 Å². The molecule has 7 heteroatoms. The molecule has 5 rings (SSSR count). The van der Waals surface area contributed by atoms with E-state index in [4.69, 9.17) is 10.1 Å². The molecule has 0 bridgehead atoms.